The van der Waals surface area contributed by atoms with Crippen LogP contribution in [-0.2, 0) is 10.6 Å². The standard InChI is InChI=1S/C6H2Br2NS2/c7-3-1-4(8)6-5(2-3)9-11-10-6/h1-2H. The van der Waals surface area contributed by atoms with Gasteiger partial charge in [-0.15, -0.1) is 0 Å². The summed E-state index contributed by atoms with van der Waals surface area (Å²) in [5, 5.41) is 0. The van der Waals surface area contributed by atoms with E-state index in [2.05, 4.69) is 36.2 Å². The van der Waals surface area contributed by atoms with Gasteiger partial charge in [-0.25, -0.2) is 0 Å². The highest BCUT2D eigenvalue weighted by Crippen LogP contribution is 2.43. The van der Waals surface area contributed by atoms with Gasteiger partial charge < -0.3 is 0 Å². The van der Waals surface area contributed by atoms with E-state index < -0.39 is 0 Å². The summed E-state index contributed by atoms with van der Waals surface area (Å²) in [6.07, 6.45) is 0. The first-order chi connectivity index (χ1) is 5.27. The van der Waals surface area contributed by atoms with Crippen molar-refractivity contribution < 1.29 is 0 Å². The van der Waals surface area contributed by atoms with Crippen molar-refractivity contribution in [2.45, 2.75) is 4.90 Å². The lowest BCUT2D eigenvalue weighted by Crippen LogP contribution is -1.71. The third-order valence-corrected chi connectivity index (χ3v) is 4.48. The number of halogens is 2. The molecule has 0 N–H and O–H groups in total. The van der Waals surface area contributed by atoms with Gasteiger partial charge in [-0.2, -0.15) is 4.36 Å². The fraction of sp³-hybridized carbons (Fsp3) is 0. The number of benzene rings is 1. The largest absolute Gasteiger partial charge is 0.185 e. The van der Waals surface area contributed by atoms with Crippen LogP contribution in [0.15, 0.2) is 30.3 Å². The molecule has 1 radical (unpaired) electrons. The number of hydrogen-bond acceptors (Lipinski definition) is 2. The average Bonchev–Trinajstić information content (AvgIpc) is 2.34. The summed E-state index contributed by atoms with van der Waals surface area (Å²) in [5.74, 6) is 0. The quantitative estimate of drug-likeness (QED) is 0.656. The maximum absolute atomic E-state index is 4.24. The molecular formula is C6H2Br2NS2. The molecular weight excluding hydrogens is 310 g/mol. The van der Waals surface area contributed by atoms with E-state index in [-0.39, 0.29) is 0 Å². The fourth-order valence-electron chi connectivity index (χ4n) is 0.793. The maximum atomic E-state index is 4.24. The third kappa shape index (κ3) is 1.52. The zero-order chi connectivity index (χ0) is 7.84. The van der Waals surface area contributed by atoms with Crippen molar-refractivity contribution in [2.24, 2.45) is 4.36 Å². The van der Waals surface area contributed by atoms with Crippen LogP contribution in [0.1, 0.15) is 0 Å². The Bertz CT molecular complexity index is 338. The van der Waals surface area contributed by atoms with Crippen LogP contribution in [-0.4, -0.2) is 0 Å². The molecule has 1 aliphatic rings. The van der Waals surface area contributed by atoms with Gasteiger partial charge >= 0.3 is 0 Å². The summed E-state index contributed by atoms with van der Waals surface area (Å²) in [4.78, 5) is 1.22. The van der Waals surface area contributed by atoms with E-state index in [1.54, 1.807) is 10.8 Å². The molecule has 2 rings (SSSR count). The van der Waals surface area contributed by atoms with Crippen LogP contribution in [0.5, 0.6) is 0 Å². The third-order valence-electron chi connectivity index (χ3n) is 1.24. The van der Waals surface area contributed by atoms with E-state index in [0.717, 1.165) is 14.6 Å². The Hall–Kier alpha value is 0.550. The van der Waals surface area contributed by atoms with Crippen molar-refractivity contribution in [2.75, 3.05) is 0 Å². The number of fused-ring (bicyclic) bond motifs is 1. The molecule has 0 saturated carbocycles. The van der Waals surface area contributed by atoms with E-state index in [0.29, 0.717) is 0 Å². The SMILES string of the molecule is Brc1cc(Br)c2c(c1)N=[S]S2. The summed E-state index contributed by atoms with van der Waals surface area (Å²) < 4.78 is 6.42. The molecule has 0 amide bonds. The van der Waals surface area contributed by atoms with E-state index >= 15 is 0 Å². The zero-order valence-electron chi connectivity index (χ0n) is 5.17. The molecule has 0 spiro atoms. The molecule has 0 fully saturated rings. The molecule has 0 bridgehead atoms. The van der Waals surface area contributed by atoms with Crippen molar-refractivity contribution in [3.05, 3.63) is 21.1 Å². The van der Waals surface area contributed by atoms with Crippen LogP contribution in [0.25, 0.3) is 0 Å². The lowest BCUT2D eigenvalue weighted by molar-refractivity contribution is 1.36. The molecule has 1 heterocycles. The molecule has 57 valence electrons. The average molecular weight is 312 g/mol. The van der Waals surface area contributed by atoms with E-state index in [1.165, 1.54) is 15.5 Å². The molecule has 5 heteroatoms. The van der Waals surface area contributed by atoms with Gasteiger partial charge in [-0.3, -0.25) is 0 Å². The summed E-state index contributed by atoms with van der Waals surface area (Å²) in [5.41, 5.74) is 1.06. The Morgan fingerprint density at radius 1 is 1.27 bits per heavy atom. The van der Waals surface area contributed by atoms with Crippen LogP contribution < -0.4 is 0 Å². The van der Waals surface area contributed by atoms with Crippen LogP contribution >= 0.6 is 42.7 Å². The van der Waals surface area contributed by atoms with Crippen LogP contribution in [0.2, 0.25) is 0 Å². The van der Waals surface area contributed by atoms with Crippen molar-refractivity contribution in [1.29, 1.82) is 0 Å². The molecule has 0 aromatic heterocycles. The second kappa shape index (κ2) is 3.12. The molecule has 1 aliphatic heterocycles. The molecule has 0 unspecified atom stereocenters. The molecule has 0 saturated heterocycles. The Balaban J connectivity index is 2.66. The van der Waals surface area contributed by atoms with Gasteiger partial charge in [-0.05, 0) is 38.9 Å². The summed E-state index contributed by atoms with van der Waals surface area (Å²) in [6, 6.07) is 4.06. The smallest absolute Gasteiger partial charge is 0.0936 e. The first-order valence-electron chi connectivity index (χ1n) is 2.81. The molecule has 1 nitrogen and oxygen atoms in total. The van der Waals surface area contributed by atoms with E-state index in [9.17, 15) is 0 Å². The maximum Gasteiger partial charge on any atom is 0.0936 e. The number of nitrogens with zero attached hydrogens (tertiary/aromatic N) is 1. The Labute approximate surface area is 88.7 Å². The lowest BCUT2D eigenvalue weighted by Gasteiger charge is -1.98. The molecule has 0 atom stereocenters. The van der Waals surface area contributed by atoms with E-state index in [4.69, 9.17) is 0 Å². The topological polar surface area (TPSA) is 12.4 Å². The minimum Gasteiger partial charge on any atom is -0.185 e. The highest BCUT2D eigenvalue weighted by Gasteiger charge is 2.12. The summed E-state index contributed by atoms with van der Waals surface area (Å²) in [6.45, 7) is 0. The highest BCUT2D eigenvalue weighted by molar-refractivity contribution is 9.11. The van der Waals surface area contributed by atoms with Gasteiger partial charge in [0, 0.05) is 19.5 Å². The van der Waals surface area contributed by atoms with Gasteiger partial charge in [-0.1, -0.05) is 15.9 Å². The second-order valence-electron chi connectivity index (χ2n) is 1.99. The van der Waals surface area contributed by atoms with Crippen molar-refractivity contribution in [3.63, 3.8) is 0 Å². The summed E-state index contributed by atoms with van der Waals surface area (Å²) >= 11 is 6.88. The van der Waals surface area contributed by atoms with Gasteiger partial charge in [0.15, 0.2) is 0 Å². The van der Waals surface area contributed by atoms with Crippen molar-refractivity contribution >= 4 is 58.9 Å². The Morgan fingerprint density at radius 3 is 2.91 bits per heavy atom. The zero-order valence-corrected chi connectivity index (χ0v) is 9.98. The summed E-state index contributed by atoms with van der Waals surface area (Å²) in [7, 11) is 3.20. The molecule has 0 aliphatic carbocycles. The van der Waals surface area contributed by atoms with Crippen molar-refractivity contribution in [1.82, 2.24) is 0 Å². The highest BCUT2D eigenvalue weighted by atomic mass is 79.9. The predicted octanol–water partition coefficient (Wildman–Crippen LogP) is 4.13. The molecule has 1 aromatic rings. The Morgan fingerprint density at radius 2 is 2.09 bits per heavy atom. The lowest BCUT2D eigenvalue weighted by atomic mass is 10.3. The first-order valence-corrected chi connectivity index (χ1v) is 6.50. The minimum absolute atomic E-state index is 1.06. The normalized spacial score (nSPS) is 13.6. The number of hydrogen-bond donors (Lipinski definition) is 0. The van der Waals surface area contributed by atoms with Gasteiger partial charge in [0.2, 0.25) is 0 Å². The van der Waals surface area contributed by atoms with E-state index in [1.807, 2.05) is 12.1 Å². The van der Waals surface area contributed by atoms with Crippen LogP contribution in [0.4, 0.5) is 5.69 Å². The first kappa shape index (κ1) is 8.16. The van der Waals surface area contributed by atoms with Crippen LogP contribution in [0.3, 0.4) is 0 Å². The van der Waals surface area contributed by atoms with Gasteiger partial charge in [0.1, 0.15) is 0 Å². The van der Waals surface area contributed by atoms with Gasteiger partial charge in [0.25, 0.3) is 0 Å². The predicted molar refractivity (Wildman–Crippen MR) is 57.2 cm³/mol. The fourth-order valence-corrected chi connectivity index (χ4v) is 4.38. The monoisotopic (exact) mass is 310 g/mol. The van der Waals surface area contributed by atoms with Crippen molar-refractivity contribution in [3.8, 4) is 0 Å². The number of rotatable bonds is 0. The van der Waals surface area contributed by atoms with Gasteiger partial charge in [0.05, 0.1) is 10.6 Å². The molecule has 1 aromatic carbocycles. The second-order valence-corrected chi connectivity index (χ2v) is 5.61. The Kier molecular flexibility index (Phi) is 2.32. The van der Waals surface area contributed by atoms with Crippen LogP contribution in [0, 0.1) is 0 Å². The minimum atomic E-state index is 1.06. The molecule has 11 heavy (non-hydrogen) atoms.